The maximum atomic E-state index is 10.9. The van der Waals surface area contributed by atoms with E-state index in [1.807, 2.05) is 24.3 Å². The number of carbonyl (C=O) groups is 2. The second kappa shape index (κ2) is 7.27. The van der Waals surface area contributed by atoms with Crippen molar-refractivity contribution >= 4 is 41.6 Å². The number of halogens is 2. The van der Waals surface area contributed by atoms with E-state index in [2.05, 4.69) is 45.7 Å². The van der Waals surface area contributed by atoms with Gasteiger partial charge in [0.2, 0.25) is 0 Å². The first-order chi connectivity index (χ1) is 10.8. The zero-order valence-corrected chi connectivity index (χ0v) is 15.7. The summed E-state index contributed by atoms with van der Waals surface area (Å²) in [5.74, 6) is 0.956. The SMILES string of the molecule is CC(C)(c1ccc(OC(=O)Br)cc1)c1ccc(OC(=O)Br)cc1. The Kier molecular flexibility index (Phi) is 5.59. The van der Waals surface area contributed by atoms with Gasteiger partial charge in [0.15, 0.2) is 0 Å². The van der Waals surface area contributed by atoms with Crippen molar-refractivity contribution in [3.05, 3.63) is 59.7 Å². The van der Waals surface area contributed by atoms with Crippen LogP contribution in [0.2, 0.25) is 0 Å². The van der Waals surface area contributed by atoms with Gasteiger partial charge < -0.3 is 9.47 Å². The minimum Gasteiger partial charge on any atom is -0.418 e. The molecule has 120 valence electrons. The molecule has 0 spiro atoms. The normalized spacial score (nSPS) is 11.0. The van der Waals surface area contributed by atoms with Crippen LogP contribution < -0.4 is 9.47 Å². The molecule has 2 aromatic rings. The molecule has 6 heteroatoms. The quantitative estimate of drug-likeness (QED) is 0.562. The van der Waals surface area contributed by atoms with Crippen LogP contribution in [0.4, 0.5) is 9.59 Å². The fourth-order valence-corrected chi connectivity index (χ4v) is 2.61. The Balaban J connectivity index is 2.23. The van der Waals surface area contributed by atoms with E-state index in [0.717, 1.165) is 11.1 Å². The molecule has 23 heavy (non-hydrogen) atoms. The monoisotopic (exact) mass is 440 g/mol. The van der Waals surface area contributed by atoms with E-state index in [4.69, 9.17) is 9.47 Å². The lowest BCUT2D eigenvalue weighted by atomic mass is 9.78. The summed E-state index contributed by atoms with van der Waals surface area (Å²) in [6.07, 6.45) is 0. The van der Waals surface area contributed by atoms with Crippen LogP contribution >= 0.6 is 31.9 Å². The predicted octanol–water partition coefficient (Wildman–Crippen LogP) is 5.80. The van der Waals surface area contributed by atoms with Crippen LogP contribution in [-0.4, -0.2) is 9.76 Å². The summed E-state index contributed by atoms with van der Waals surface area (Å²) in [5.41, 5.74) is 1.88. The molecule has 0 aliphatic rings. The number of ether oxygens (including phenoxy) is 2. The van der Waals surface area contributed by atoms with Crippen LogP contribution in [0.1, 0.15) is 25.0 Å². The van der Waals surface area contributed by atoms with Crippen molar-refractivity contribution in [2.45, 2.75) is 19.3 Å². The van der Waals surface area contributed by atoms with E-state index in [9.17, 15) is 9.59 Å². The molecule has 0 fully saturated rings. The Morgan fingerprint density at radius 1 is 0.739 bits per heavy atom. The van der Waals surface area contributed by atoms with E-state index in [0.29, 0.717) is 11.5 Å². The van der Waals surface area contributed by atoms with Gasteiger partial charge in [-0.3, -0.25) is 0 Å². The summed E-state index contributed by atoms with van der Waals surface area (Å²) in [6, 6.07) is 14.6. The van der Waals surface area contributed by atoms with Gasteiger partial charge in [-0.15, -0.1) is 0 Å². The minimum absolute atomic E-state index is 0.256. The Bertz CT molecular complexity index is 645. The molecule has 0 atom stereocenters. The van der Waals surface area contributed by atoms with Gasteiger partial charge in [-0.1, -0.05) is 38.1 Å². The molecule has 0 amide bonds. The highest BCUT2D eigenvalue weighted by Gasteiger charge is 2.23. The molecule has 4 nitrogen and oxygen atoms in total. The van der Waals surface area contributed by atoms with Crippen molar-refractivity contribution in [1.29, 1.82) is 0 Å². The first-order valence-electron chi connectivity index (χ1n) is 6.75. The first-order valence-corrected chi connectivity index (χ1v) is 8.33. The minimum atomic E-state index is -0.526. The summed E-state index contributed by atoms with van der Waals surface area (Å²) in [4.78, 5) is 20.7. The summed E-state index contributed by atoms with van der Waals surface area (Å²) < 4.78 is 9.93. The number of rotatable bonds is 4. The Labute approximate surface area is 151 Å². The fourth-order valence-electron chi connectivity index (χ4n) is 2.23. The largest absolute Gasteiger partial charge is 0.418 e. The van der Waals surface area contributed by atoms with Crippen molar-refractivity contribution in [3.8, 4) is 11.5 Å². The number of benzene rings is 2. The van der Waals surface area contributed by atoms with Gasteiger partial charge in [0.05, 0.1) is 0 Å². The van der Waals surface area contributed by atoms with Gasteiger partial charge in [-0.05, 0) is 35.4 Å². The van der Waals surface area contributed by atoms with Gasteiger partial charge in [0.25, 0.3) is 0 Å². The van der Waals surface area contributed by atoms with Gasteiger partial charge in [-0.2, -0.15) is 0 Å². The average molecular weight is 442 g/mol. The third-order valence-electron chi connectivity index (χ3n) is 3.55. The molecule has 0 saturated carbocycles. The van der Waals surface area contributed by atoms with Crippen LogP contribution in [0, 0.1) is 0 Å². The molecule has 0 unspecified atom stereocenters. The first kappa shape index (κ1) is 17.7. The highest BCUT2D eigenvalue weighted by atomic mass is 79.9. The third kappa shape index (κ3) is 4.65. The van der Waals surface area contributed by atoms with Gasteiger partial charge in [0.1, 0.15) is 11.5 Å². The zero-order chi connectivity index (χ0) is 17.0. The maximum Gasteiger partial charge on any atom is 0.379 e. The predicted molar refractivity (Wildman–Crippen MR) is 94.9 cm³/mol. The number of carbonyl (C=O) groups excluding carboxylic acids is 2. The molecule has 0 N–H and O–H groups in total. The Morgan fingerprint density at radius 2 is 1.04 bits per heavy atom. The summed E-state index contributed by atoms with van der Waals surface area (Å²) >= 11 is 5.46. The van der Waals surface area contributed by atoms with E-state index in [1.54, 1.807) is 24.3 Å². The standard InChI is InChI=1S/C17H14Br2O4/c1-17(2,11-3-7-13(8-4-11)22-15(18)20)12-5-9-14(10-6-12)23-16(19)21/h3-10H,1-2H3. The number of hydrogen-bond donors (Lipinski definition) is 0. The zero-order valence-electron chi connectivity index (χ0n) is 12.5. The van der Waals surface area contributed by atoms with Gasteiger partial charge in [-0.25, -0.2) is 9.59 Å². The van der Waals surface area contributed by atoms with Gasteiger partial charge in [0, 0.05) is 37.3 Å². The average Bonchev–Trinajstić information content (AvgIpc) is 2.47. The lowest BCUT2D eigenvalue weighted by Gasteiger charge is -2.26. The van der Waals surface area contributed by atoms with Crippen molar-refractivity contribution in [2.24, 2.45) is 0 Å². The second-order valence-corrected chi connectivity index (χ2v) is 6.65. The van der Waals surface area contributed by atoms with Crippen LogP contribution in [0.3, 0.4) is 0 Å². The lowest BCUT2D eigenvalue weighted by Crippen LogP contribution is -2.18. The van der Waals surface area contributed by atoms with Crippen molar-refractivity contribution in [1.82, 2.24) is 0 Å². The topological polar surface area (TPSA) is 52.6 Å². The molecule has 2 rings (SSSR count). The molecular weight excluding hydrogens is 428 g/mol. The van der Waals surface area contributed by atoms with Crippen LogP contribution in [0.5, 0.6) is 11.5 Å². The lowest BCUT2D eigenvalue weighted by molar-refractivity contribution is 0.227. The van der Waals surface area contributed by atoms with E-state index in [1.165, 1.54) is 0 Å². The second-order valence-electron chi connectivity index (χ2n) is 5.35. The van der Waals surface area contributed by atoms with Crippen LogP contribution in [-0.2, 0) is 5.41 Å². The smallest absolute Gasteiger partial charge is 0.379 e. The summed E-state index contributed by atoms with van der Waals surface area (Å²) in [6.45, 7) is 4.17. The highest BCUT2D eigenvalue weighted by molar-refractivity contribution is 9.18. The third-order valence-corrected chi connectivity index (χ3v) is 3.87. The maximum absolute atomic E-state index is 10.9. The van der Waals surface area contributed by atoms with Crippen molar-refractivity contribution < 1.29 is 19.1 Å². The summed E-state index contributed by atoms with van der Waals surface area (Å²) in [5, 5.41) is 0. The van der Waals surface area contributed by atoms with Crippen molar-refractivity contribution in [3.63, 3.8) is 0 Å². The molecule has 0 saturated heterocycles. The molecule has 0 aliphatic carbocycles. The molecule has 0 radical (unpaired) electrons. The molecule has 2 aromatic carbocycles. The van der Waals surface area contributed by atoms with E-state index < -0.39 is 9.76 Å². The molecule has 0 heterocycles. The van der Waals surface area contributed by atoms with Gasteiger partial charge >= 0.3 is 9.76 Å². The molecule has 0 bridgehead atoms. The molecule has 0 aromatic heterocycles. The number of hydrogen-bond acceptors (Lipinski definition) is 4. The van der Waals surface area contributed by atoms with Crippen LogP contribution in [0.25, 0.3) is 0 Å². The fraction of sp³-hybridized carbons (Fsp3) is 0.176. The highest BCUT2D eigenvalue weighted by Crippen LogP contribution is 2.33. The Morgan fingerprint density at radius 3 is 1.30 bits per heavy atom. The van der Waals surface area contributed by atoms with E-state index >= 15 is 0 Å². The summed E-state index contributed by atoms with van der Waals surface area (Å²) in [7, 11) is 0. The molecular formula is C17H14Br2O4. The Hall–Kier alpha value is -1.66. The molecule has 0 aliphatic heterocycles. The van der Waals surface area contributed by atoms with Crippen LogP contribution in [0.15, 0.2) is 48.5 Å². The van der Waals surface area contributed by atoms with E-state index in [-0.39, 0.29) is 5.41 Å². The van der Waals surface area contributed by atoms with Crippen molar-refractivity contribution in [2.75, 3.05) is 0 Å².